The zero-order valence-corrected chi connectivity index (χ0v) is 17.0. The van der Waals surface area contributed by atoms with Crippen LogP contribution >= 0.6 is 0 Å². The number of fused-ring (bicyclic) bond motifs is 3. The highest BCUT2D eigenvalue weighted by molar-refractivity contribution is 6.07. The molecule has 5 rings (SSSR count). The van der Waals surface area contributed by atoms with Crippen molar-refractivity contribution in [2.75, 3.05) is 0 Å². The van der Waals surface area contributed by atoms with Crippen LogP contribution in [0.3, 0.4) is 0 Å². The minimum Gasteiger partial charge on any atom is -0.372 e. The molecule has 3 aromatic carbocycles. The van der Waals surface area contributed by atoms with E-state index in [0.717, 1.165) is 36.2 Å². The van der Waals surface area contributed by atoms with Crippen molar-refractivity contribution in [3.63, 3.8) is 0 Å². The van der Waals surface area contributed by atoms with Crippen LogP contribution in [-0.4, -0.2) is 21.7 Å². The van der Waals surface area contributed by atoms with Crippen LogP contribution in [-0.2, 0) is 16.8 Å². The maximum atomic E-state index is 13.3. The minimum atomic E-state index is -1.84. The number of H-pyrrole nitrogens is 1. The Morgan fingerprint density at radius 1 is 0.871 bits per heavy atom. The highest BCUT2D eigenvalue weighted by Crippen LogP contribution is 2.31. The van der Waals surface area contributed by atoms with E-state index >= 15 is 0 Å². The van der Waals surface area contributed by atoms with Crippen LogP contribution in [0, 0.1) is 0 Å². The van der Waals surface area contributed by atoms with Crippen molar-refractivity contribution < 1.29 is 9.90 Å². The highest BCUT2D eigenvalue weighted by atomic mass is 16.3. The molecule has 31 heavy (non-hydrogen) atoms. The summed E-state index contributed by atoms with van der Waals surface area (Å²) in [5.74, 6) is -0.583. The molecule has 1 aliphatic carbocycles. The van der Waals surface area contributed by atoms with E-state index < -0.39 is 11.5 Å². The van der Waals surface area contributed by atoms with E-state index in [1.165, 1.54) is 10.9 Å². The zero-order valence-electron chi connectivity index (χ0n) is 17.0. The summed E-state index contributed by atoms with van der Waals surface area (Å²) in [7, 11) is 0. The van der Waals surface area contributed by atoms with Crippen molar-refractivity contribution in [2.45, 2.75) is 24.9 Å². The second kappa shape index (κ2) is 7.85. The summed E-state index contributed by atoms with van der Waals surface area (Å²) >= 11 is 0. The van der Waals surface area contributed by atoms with Gasteiger partial charge < -0.3 is 10.1 Å². The number of amides is 1. The standard InChI is InChI=1S/C26H23N3O2/c30-25(26(31,18-10-3-1-4-11-18)19-12-5-2-6-13-19)29-28-23-17-9-15-21-20-14-7-8-16-22(20)27-24(21)23/h1-8,10-14,16,27,31H,9,15,17H2,(H,29,30)/b28-23+. The number of carbonyl (C=O) groups is 1. The first-order valence-electron chi connectivity index (χ1n) is 10.5. The third kappa shape index (κ3) is 3.33. The van der Waals surface area contributed by atoms with Gasteiger partial charge in [0.25, 0.3) is 5.91 Å². The van der Waals surface area contributed by atoms with Gasteiger partial charge in [-0.2, -0.15) is 5.10 Å². The molecule has 154 valence electrons. The lowest BCUT2D eigenvalue weighted by Gasteiger charge is -2.27. The van der Waals surface area contributed by atoms with Crippen molar-refractivity contribution in [3.05, 3.63) is 107 Å². The van der Waals surface area contributed by atoms with E-state index in [1.54, 1.807) is 48.5 Å². The lowest BCUT2D eigenvalue weighted by atomic mass is 9.85. The van der Waals surface area contributed by atoms with E-state index in [0.29, 0.717) is 11.1 Å². The number of aryl methyl sites for hydroxylation is 1. The van der Waals surface area contributed by atoms with Gasteiger partial charge in [0, 0.05) is 10.9 Å². The number of aromatic nitrogens is 1. The van der Waals surface area contributed by atoms with Crippen LogP contribution < -0.4 is 5.43 Å². The van der Waals surface area contributed by atoms with Gasteiger partial charge in [-0.1, -0.05) is 78.9 Å². The van der Waals surface area contributed by atoms with Gasteiger partial charge in [-0.3, -0.25) is 4.79 Å². The van der Waals surface area contributed by atoms with Gasteiger partial charge >= 0.3 is 0 Å². The number of rotatable bonds is 4. The topological polar surface area (TPSA) is 77.5 Å². The van der Waals surface area contributed by atoms with Crippen LogP contribution in [0.4, 0.5) is 0 Å². The van der Waals surface area contributed by atoms with E-state index in [4.69, 9.17) is 0 Å². The van der Waals surface area contributed by atoms with Crippen molar-refractivity contribution in [1.29, 1.82) is 0 Å². The van der Waals surface area contributed by atoms with Gasteiger partial charge in [0.15, 0.2) is 5.60 Å². The van der Waals surface area contributed by atoms with Crippen LogP contribution in [0.25, 0.3) is 10.9 Å². The molecule has 0 bridgehead atoms. The average molecular weight is 409 g/mol. The van der Waals surface area contributed by atoms with Gasteiger partial charge in [0.2, 0.25) is 0 Å². The molecule has 1 heterocycles. The molecular weight excluding hydrogens is 386 g/mol. The Morgan fingerprint density at radius 2 is 1.48 bits per heavy atom. The first kappa shape index (κ1) is 19.3. The molecule has 1 aromatic heterocycles. The SMILES string of the molecule is O=C(N/N=C1\CCCc2c1[nH]c1ccccc21)C(O)(c1ccccc1)c1ccccc1. The minimum absolute atomic E-state index is 0.494. The Balaban J connectivity index is 1.51. The lowest BCUT2D eigenvalue weighted by molar-refractivity contribution is -0.136. The second-order valence-electron chi connectivity index (χ2n) is 7.82. The molecule has 5 heteroatoms. The summed E-state index contributed by atoms with van der Waals surface area (Å²) in [6, 6.07) is 26.1. The maximum Gasteiger partial charge on any atom is 0.281 e. The van der Waals surface area contributed by atoms with E-state index in [2.05, 4.69) is 21.6 Å². The summed E-state index contributed by atoms with van der Waals surface area (Å²) in [5.41, 5.74) is 5.87. The van der Waals surface area contributed by atoms with Crippen molar-refractivity contribution in [2.24, 2.45) is 5.10 Å². The van der Waals surface area contributed by atoms with Crippen molar-refractivity contribution in [1.82, 2.24) is 10.4 Å². The molecular formula is C26H23N3O2. The molecule has 0 aliphatic heterocycles. The molecule has 5 nitrogen and oxygen atoms in total. The molecule has 0 saturated carbocycles. The average Bonchev–Trinajstić information content (AvgIpc) is 3.22. The summed E-state index contributed by atoms with van der Waals surface area (Å²) in [6.45, 7) is 0. The first-order chi connectivity index (χ1) is 15.2. The smallest absolute Gasteiger partial charge is 0.281 e. The third-order valence-corrected chi connectivity index (χ3v) is 5.95. The van der Waals surface area contributed by atoms with Gasteiger partial charge in [0.1, 0.15) is 0 Å². The van der Waals surface area contributed by atoms with Gasteiger partial charge in [-0.05, 0) is 42.0 Å². The summed E-state index contributed by atoms with van der Waals surface area (Å²) in [6.07, 6.45) is 2.70. The van der Waals surface area contributed by atoms with E-state index in [9.17, 15) is 9.90 Å². The lowest BCUT2D eigenvalue weighted by Crippen LogP contribution is -2.44. The molecule has 4 aromatic rings. The number of nitrogens with zero attached hydrogens (tertiary/aromatic N) is 1. The molecule has 0 unspecified atom stereocenters. The number of para-hydroxylation sites is 1. The van der Waals surface area contributed by atoms with Crippen molar-refractivity contribution in [3.8, 4) is 0 Å². The third-order valence-electron chi connectivity index (χ3n) is 5.95. The van der Waals surface area contributed by atoms with Crippen LogP contribution in [0.2, 0.25) is 0 Å². The monoisotopic (exact) mass is 409 g/mol. The number of hydrogen-bond acceptors (Lipinski definition) is 3. The molecule has 1 amide bonds. The number of aromatic amines is 1. The number of carbonyl (C=O) groups excluding carboxylic acids is 1. The second-order valence-corrected chi connectivity index (χ2v) is 7.82. The Hall–Kier alpha value is -3.70. The number of hydrazone groups is 1. The largest absolute Gasteiger partial charge is 0.372 e. The Kier molecular flexibility index (Phi) is 4.88. The highest BCUT2D eigenvalue weighted by Gasteiger charge is 2.40. The van der Waals surface area contributed by atoms with Gasteiger partial charge in [0.05, 0.1) is 11.4 Å². The molecule has 3 N–H and O–H groups in total. The van der Waals surface area contributed by atoms with Crippen LogP contribution in [0.5, 0.6) is 0 Å². The number of aliphatic hydroxyl groups is 1. The molecule has 0 spiro atoms. The first-order valence-corrected chi connectivity index (χ1v) is 10.5. The summed E-state index contributed by atoms with van der Waals surface area (Å²) in [4.78, 5) is 16.8. The summed E-state index contributed by atoms with van der Waals surface area (Å²) in [5, 5.41) is 17.2. The molecule has 0 radical (unpaired) electrons. The van der Waals surface area contributed by atoms with Crippen molar-refractivity contribution >= 4 is 22.5 Å². The number of nitrogens with one attached hydrogen (secondary N) is 2. The predicted octanol–water partition coefficient (Wildman–Crippen LogP) is 4.26. The van der Waals surface area contributed by atoms with E-state index in [-0.39, 0.29) is 0 Å². The molecule has 1 aliphatic rings. The summed E-state index contributed by atoms with van der Waals surface area (Å²) < 4.78 is 0. The quantitative estimate of drug-likeness (QED) is 0.441. The fourth-order valence-corrected chi connectivity index (χ4v) is 4.36. The zero-order chi connectivity index (χ0) is 21.3. The molecule has 0 saturated heterocycles. The molecule has 0 atom stereocenters. The Labute approximate surface area is 180 Å². The van der Waals surface area contributed by atoms with E-state index in [1.807, 2.05) is 30.3 Å². The number of benzene rings is 3. The Morgan fingerprint density at radius 3 is 2.16 bits per heavy atom. The predicted molar refractivity (Wildman–Crippen MR) is 122 cm³/mol. The van der Waals surface area contributed by atoms with Crippen LogP contribution in [0.1, 0.15) is 35.2 Å². The van der Waals surface area contributed by atoms with Gasteiger partial charge in [-0.25, -0.2) is 5.43 Å². The van der Waals surface area contributed by atoms with Gasteiger partial charge in [-0.15, -0.1) is 0 Å². The van der Waals surface area contributed by atoms with Crippen LogP contribution in [0.15, 0.2) is 90.0 Å². The Bertz CT molecular complexity index is 1220. The normalized spacial score (nSPS) is 15.1. The maximum absolute atomic E-state index is 13.3. The fourth-order valence-electron chi connectivity index (χ4n) is 4.36. The fraction of sp³-hybridized carbons (Fsp3) is 0.154. The molecule has 0 fully saturated rings. The number of hydrogen-bond donors (Lipinski definition) is 3.